The van der Waals surface area contributed by atoms with Gasteiger partial charge in [-0.15, -0.1) is 0 Å². The van der Waals surface area contributed by atoms with Crippen LogP contribution in [0.15, 0.2) is 85.1 Å². The van der Waals surface area contributed by atoms with Crippen molar-refractivity contribution < 1.29 is 19.7 Å². The molecule has 190 valence electrons. The number of amides is 1. The lowest BCUT2D eigenvalue weighted by Crippen LogP contribution is -2.33. The molecule has 1 aromatic heterocycles. The van der Waals surface area contributed by atoms with Gasteiger partial charge in [0, 0.05) is 26.2 Å². The van der Waals surface area contributed by atoms with Crippen molar-refractivity contribution in [3.8, 4) is 22.8 Å². The van der Waals surface area contributed by atoms with Crippen LogP contribution in [0.25, 0.3) is 11.3 Å². The minimum Gasteiger partial charge on any atom is -0.508 e. The largest absolute Gasteiger partial charge is 0.508 e. The van der Waals surface area contributed by atoms with Crippen molar-refractivity contribution in [1.82, 2.24) is 14.9 Å². The van der Waals surface area contributed by atoms with E-state index in [9.17, 15) is 15.0 Å². The molecule has 1 amide bonds. The van der Waals surface area contributed by atoms with E-state index in [0.717, 1.165) is 16.7 Å². The fourth-order valence-electron chi connectivity index (χ4n) is 3.92. The van der Waals surface area contributed by atoms with E-state index in [1.165, 1.54) is 30.3 Å². The van der Waals surface area contributed by atoms with Crippen LogP contribution in [0.3, 0.4) is 0 Å². The van der Waals surface area contributed by atoms with Crippen molar-refractivity contribution in [3.05, 3.63) is 102 Å². The number of phenolic OH excluding ortho intramolecular Hbond substituents is 1. The minimum atomic E-state index is -0.995. The van der Waals surface area contributed by atoms with Gasteiger partial charge in [-0.25, -0.2) is 14.8 Å². The van der Waals surface area contributed by atoms with E-state index in [0.29, 0.717) is 23.8 Å². The molecule has 0 bridgehead atoms. The monoisotopic (exact) mass is 498 g/mol. The molecule has 0 spiro atoms. The molecule has 1 atom stereocenters. The molecule has 0 radical (unpaired) electrons. The van der Waals surface area contributed by atoms with Gasteiger partial charge >= 0.3 is 6.09 Å². The number of aromatic hydroxyl groups is 1. The van der Waals surface area contributed by atoms with Crippen molar-refractivity contribution in [1.29, 1.82) is 0 Å². The zero-order valence-electron chi connectivity index (χ0n) is 21.1. The third-order valence-electron chi connectivity index (χ3n) is 5.96. The zero-order valence-corrected chi connectivity index (χ0v) is 21.1. The fraction of sp³-hybridized carbons (Fsp3) is 0.207. The first-order valence-electron chi connectivity index (χ1n) is 11.9. The number of carbonyl (C=O) groups is 1. The maximum atomic E-state index is 13.0. The maximum absolute atomic E-state index is 13.0. The summed E-state index contributed by atoms with van der Waals surface area (Å²) < 4.78 is 5.71. The van der Waals surface area contributed by atoms with Crippen LogP contribution in [0.2, 0.25) is 0 Å². The SMILES string of the molecule is Cc1ccccc1-c1nc(N(C)Cc2ccccc2)ncc1OC(=O)N(C)CC(O)c1cccc(O)c1. The van der Waals surface area contributed by atoms with E-state index in [4.69, 9.17) is 9.72 Å². The van der Waals surface area contributed by atoms with Crippen LogP contribution in [0.4, 0.5) is 10.7 Å². The van der Waals surface area contributed by atoms with Gasteiger partial charge in [0.05, 0.1) is 18.8 Å². The number of hydrogen-bond donors (Lipinski definition) is 2. The number of aliphatic hydroxyl groups is 1. The third-order valence-corrected chi connectivity index (χ3v) is 5.96. The molecule has 0 aliphatic heterocycles. The van der Waals surface area contributed by atoms with Gasteiger partial charge in [0.2, 0.25) is 5.95 Å². The average molecular weight is 499 g/mol. The number of likely N-dealkylation sites (N-methyl/N-ethyl adjacent to an activating group) is 1. The first kappa shape index (κ1) is 25.7. The fourth-order valence-corrected chi connectivity index (χ4v) is 3.92. The summed E-state index contributed by atoms with van der Waals surface area (Å²) in [6.07, 6.45) is -0.156. The first-order valence-corrected chi connectivity index (χ1v) is 11.9. The van der Waals surface area contributed by atoms with Gasteiger partial charge in [0.1, 0.15) is 11.4 Å². The number of anilines is 1. The van der Waals surface area contributed by atoms with Crippen molar-refractivity contribution in [2.24, 2.45) is 0 Å². The quantitative estimate of drug-likeness (QED) is 0.354. The van der Waals surface area contributed by atoms with Gasteiger partial charge < -0.3 is 24.7 Å². The maximum Gasteiger partial charge on any atom is 0.415 e. The van der Waals surface area contributed by atoms with E-state index in [1.54, 1.807) is 12.1 Å². The van der Waals surface area contributed by atoms with E-state index >= 15 is 0 Å². The Hall–Kier alpha value is -4.43. The summed E-state index contributed by atoms with van der Waals surface area (Å²) in [5.74, 6) is 0.753. The standard InChI is InChI=1S/C29H30N4O4/c1-20-10-7-8-15-24(20)27-26(17-30-28(31-27)32(2)18-21-11-5-4-6-12-21)37-29(36)33(3)19-25(35)22-13-9-14-23(34)16-22/h4-17,25,34-35H,18-19H2,1-3H3. The summed E-state index contributed by atoms with van der Waals surface area (Å²) in [6, 6.07) is 24.0. The lowest BCUT2D eigenvalue weighted by molar-refractivity contribution is 0.112. The number of carbonyl (C=O) groups excluding carboxylic acids is 1. The molecule has 0 saturated carbocycles. The van der Waals surface area contributed by atoms with Crippen LogP contribution >= 0.6 is 0 Å². The number of benzene rings is 3. The molecule has 37 heavy (non-hydrogen) atoms. The van der Waals surface area contributed by atoms with E-state index < -0.39 is 12.2 Å². The molecule has 2 N–H and O–H groups in total. The van der Waals surface area contributed by atoms with Crippen LogP contribution in [-0.2, 0) is 6.54 Å². The average Bonchev–Trinajstić information content (AvgIpc) is 2.89. The molecule has 4 aromatic rings. The van der Waals surface area contributed by atoms with Crippen LogP contribution < -0.4 is 9.64 Å². The number of phenols is 1. The second-order valence-electron chi connectivity index (χ2n) is 8.90. The molecule has 1 unspecified atom stereocenters. The van der Waals surface area contributed by atoms with Crippen LogP contribution in [0.5, 0.6) is 11.5 Å². The Morgan fingerprint density at radius 1 is 1.00 bits per heavy atom. The van der Waals surface area contributed by atoms with Crippen LogP contribution in [0, 0.1) is 6.92 Å². The molecule has 0 aliphatic carbocycles. The molecule has 8 nitrogen and oxygen atoms in total. The molecule has 8 heteroatoms. The van der Waals surface area contributed by atoms with Crippen molar-refractivity contribution >= 4 is 12.0 Å². The highest BCUT2D eigenvalue weighted by Crippen LogP contribution is 2.32. The number of aromatic nitrogens is 2. The van der Waals surface area contributed by atoms with Crippen LogP contribution in [0.1, 0.15) is 22.8 Å². The number of rotatable bonds is 8. The smallest absolute Gasteiger partial charge is 0.415 e. The van der Waals surface area contributed by atoms with Gasteiger partial charge in [-0.3, -0.25) is 0 Å². The number of aryl methyl sites for hydroxylation is 1. The Bertz CT molecular complexity index is 1360. The molecular weight excluding hydrogens is 468 g/mol. The molecule has 0 saturated heterocycles. The molecule has 1 heterocycles. The lowest BCUT2D eigenvalue weighted by atomic mass is 10.1. The summed E-state index contributed by atoms with van der Waals surface area (Å²) >= 11 is 0. The number of hydrogen-bond acceptors (Lipinski definition) is 7. The summed E-state index contributed by atoms with van der Waals surface area (Å²) in [7, 11) is 3.44. The highest BCUT2D eigenvalue weighted by molar-refractivity contribution is 5.76. The molecule has 0 fully saturated rings. The van der Waals surface area contributed by atoms with Crippen molar-refractivity contribution in [2.45, 2.75) is 19.6 Å². The predicted octanol–water partition coefficient (Wildman–Crippen LogP) is 4.96. The highest BCUT2D eigenvalue weighted by Gasteiger charge is 2.21. The minimum absolute atomic E-state index is 0.0270. The molecule has 3 aromatic carbocycles. The second kappa shape index (κ2) is 11.5. The third kappa shape index (κ3) is 6.42. The Kier molecular flexibility index (Phi) is 8.00. The van der Waals surface area contributed by atoms with E-state index in [-0.39, 0.29) is 18.0 Å². The Balaban J connectivity index is 1.57. The molecular formula is C29H30N4O4. The van der Waals surface area contributed by atoms with Gasteiger partial charge in [-0.05, 0) is 35.7 Å². The normalized spacial score (nSPS) is 11.6. The van der Waals surface area contributed by atoms with Crippen molar-refractivity contribution in [3.63, 3.8) is 0 Å². The summed E-state index contributed by atoms with van der Waals surface area (Å²) in [4.78, 5) is 25.4. The van der Waals surface area contributed by atoms with Gasteiger partial charge in [-0.2, -0.15) is 0 Å². The summed E-state index contributed by atoms with van der Waals surface area (Å²) in [5.41, 5.74) is 3.91. The lowest BCUT2D eigenvalue weighted by Gasteiger charge is -2.22. The Morgan fingerprint density at radius 3 is 2.46 bits per heavy atom. The van der Waals surface area contributed by atoms with E-state index in [1.807, 2.05) is 73.5 Å². The molecule has 0 aliphatic rings. The number of nitrogens with zero attached hydrogens (tertiary/aromatic N) is 4. The zero-order chi connectivity index (χ0) is 26.4. The topological polar surface area (TPSA) is 99.0 Å². The number of ether oxygens (including phenoxy) is 1. The predicted molar refractivity (Wildman–Crippen MR) is 142 cm³/mol. The Labute approximate surface area is 216 Å². The Morgan fingerprint density at radius 2 is 1.73 bits per heavy atom. The second-order valence-corrected chi connectivity index (χ2v) is 8.90. The van der Waals surface area contributed by atoms with Gasteiger partial charge in [0.15, 0.2) is 5.75 Å². The van der Waals surface area contributed by atoms with Gasteiger partial charge in [-0.1, -0.05) is 66.7 Å². The summed E-state index contributed by atoms with van der Waals surface area (Å²) in [5, 5.41) is 20.2. The highest BCUT2D eigenvalue weighted by atomic mass is 16.6. The van der Waals surface area contributed by atoms with Crippen molar-refractivity contribution in [2.75, 3.05) is 25.5 Å². The summed E-state index contributed by atoms with van der Waals surface area (Å²) in [6.45, 7) is 2.55. The number of aliphatic hydroxyl groups excluding tert-OH is 1. The van der Waals surface area contributed by atoms with Crippen LogP contribution in [-0.4, -0.2) is 51.8 Å². The van der Waals surface area contributed by atoms with Gasteiger partial charge in [0.25, 0.3) is 0 Å². The van der Waals surface area contributed by atoms with E-state index in [2.05, 4.69) is 4.98 Å². The first-order chi connectivity index (χ1) is 17.8. The molecule has 4 rings (SSSR count).